The van der Waals surface area contributed by atoms with Crippen molar-refractivity contribution < 1.29 is 33.1 Å². The maximum atomic E-state index is 14.4. The molecule has 2 heterocycles. The number of likely N-dealkylation sites (tertiary alicyclic amines) is 1. The van der Waals surface area contributed by atoms with Crippen LogP contribution in [0.4, 0.5) is 14.9 Å². The summed E-state index contributed by atoms with van der Waals surface area (Å²) in [5.41, 5.74) is 0.941. The number of urea groups is 1. The minimum absolute atomic E-state index is 0.119. The van der Waals surface area contributed by atoms with E-state index in [9.17, 15) is 28.4 Å². The number of aryl methyl sites for hydroxylation is 1. The number of ether oxygens (including phenoxy) is 1. The predicted octanol–water partition coefficient (Wildman–Crippen LogP) is 4.71. The second-order valence-electron chi connectivity index (χ2n) is 12.1. The van der Waals surface area contributed by atoms with Crippen molar-refractivity contribution in [2.75, 3.05) is 25.0 Å². The Morgan fingerprint density at radius 1 is 0.957 bits per heavy atom. The third kappa shape index (κ3) is 6.22. The van der Waals surface area contributed by atoms with Gasteiger partial charge in [-0.05, 0) is 67.6 Å². The average Bonchev–Trinajstić information content (AvgIpc) is 3.23. The molecule has 0 unspecified atom stereocenters. The zero-order valence-electron chi connectivity index (χ0n) is 26.3. The van der Waals surface area contributed by atoms with Crippen LogP contribution < -0.4 is 10.2 Å². The molecular weight excluding hydrogens is 591 g/mol. The third-order valence-corrected chi connectivity index (χ3v) is 8.67. The van der Waals surface area contributed by atoms with Crippen LogP contribution in [0.15, 0.2) is 72.8 Å². The van der Waals surface area contributed by atoms with Gasteiger partial charge in [-0.15, -0.1) is 0 Å². The second kappa shape index (κ2) is 13.1. The molecule has 2 aliphatic heterocycles. The number of imide groups is 1. The standard InChI is InChI=1S/C35H37FN4O6/c1-22(2)29(37-30(41)27-20-23(3)10-15-28(27)36)31(42)39-18-16-35(17-19-39)33(44)38(4)34(45)40(35)26-13-11-25(12-14-26)32(43)46-21-24-8-6-5-7-9-24/h5-15,20,22,29H,16-19,21H2,1-4H3,(H,37,41)/t29-/m1/s1. The molecule has 0 aliphatic carbocycles. The lowest BCUT2D eigenvalue weighted by atomic mass is 9.85. The molecule has 0 saturated carbocycles. The fraction of sp³-hybridized carbons (Fsp3) is 0.343. The highest BCUT2D eigenvalue weighted by Crippen LogP contribution is 2.40. The number of nitrogens with one attached hydrogen (secondary N) is 1. The maximum absolute atomic E-state index is 14.4. The molecule has 1 atom stereocenters. The summed E-state index contributed by atoms with van der Waals surface area (Å²) in [5.74, 6) is -2.90. The van der Waals surface area contributed by atoms with E-state index in [2.05, 4.69) is 5.32 Å². The summed E-state index contributed by atoms with van der Waals surface area (Å²) in [7, 11) is 1.42. The Morgan fingerprint density at radius 3 is 2.24 bits per heavy atom. The van der Waals surface area contributed by atoms with E-state index >= 15 is 0 Å². The number of carbonyl (C=O) groups is 5. The summed E-state index contributed by atoms with van der Waals surface area (Å²) in [5, 5.41) is 2.70. The maximum Gasteiger partial charge on any atom is 0.338 e. The van der Waals surface area contributed by atoms with E-state index in [1.807, 2.05) is 30.3 Å². The Kier molecular flexibility index (Phi) is 9.22. The van der Waals surface area contributed by atoms with Gasteiger partial charge in [0.05, 0.1) is 11.1 Å². The van der Waals surface area contributed by atoms with E-state index in [0.29, 0.717) is 16.8 Å². The van der Waals surface area contributed by atoms with Gasteiger partial charge in [0.1, 0.15) is 24.0 Å². The molecule has 3 aromatic rings. The van der Waals surface area contributed by atoms with Crippen LogP contribution in [0, 0.1) is 18.7 Å². The SMILES string of the molecule is Cc1ccc(F)c(C(=O)N[C@@H](C(=O)N2CCC3(CC2)C(=O)N(C)C(=O)N3c2ccc(C(=O)OCc3ccccc3)cc2)C(C)C)c1. The predicted molar refractivity (Wildman–Crippen MR) is 168 cm³/mol. The molecule has 10 nitrogen and oxygen atoms in total. The molecule has 0 bridgehead atoms. The van der Waals surface area contributed by atoms with Crippen LogP contribution in [0.5, 0.6) is 0 Å². The molecule has 2 fully saturated rings. The number of amides is 5. The molecule has 0 radical (unpaired) electrons. The summed E-state index contributed by atoms with van der Waals surface area (Å²) in [6, 6.07) is 18.4. The van der Waals surface area contributed by atoms with Crippen molar-refractivity contribution in [3.8, 4) is 0 Å². The largest absolute Gasteiger partial charge is 0.457 e. The third-order valence-electron chi connectivity index (χ3n) is 8.67. The highest BCUT2D eigenvalue weighted by atomic mass is 19.1. The van der Waals surface area contributed by atoms with Gasteiger partial charge in [-0.2, -0.15) is 0 Å². The van der Waals surface area contributed by atoms with Crippen molar-refractivity contribution in [1.82, 2.24) is 15.1 Å². The van der Waals surface area contributed by atoms with Crippen molar-refractivity contribution in [3.63, 3.8) is 0 Å². The molecule has 46 heavy (non-hydrogen) atoms. The first kappa shape index (κ1) is 32.3. The highest BCUT2D eigenvalue weighted by Gasteiger charge is 2.58. The first-order valence-electron chi connectivity index (χ1n) is 15.2. The van der Waals surface area contributed by atoms with Crippen molar-refractivity contribution in [3.05, 3.63) is 101 Å². The van der Waals surface area contributed by atoms with E-state index in [4.69, 9.17) is 4.74 Å². The summed E-state index contributed by atoms with van der Waals surface area (Å²) in [6.45, 7) is 5.76. The summed E-state index contributed by atoms with van der Waals surface area (Å²) in [6.07, 6.45) is 0.333. The highest BCUT2D eigenvalue weighted by molar-refractivity contribution is 6.17. The van der Waals surface area contributed by atoms with Gasteiger partial charge in [-0.3, -0.25) is 24.2 Å². The molecule has 240 valence electrons. The van der Waals surface area contributed by atoms with Gasteiger partial charge in [0.2, 0.25) is 5.91 Å². The van der Waals surface area contributed by atoms with Gasteiger partial charge in [-0.1, -0.05) is 55.8 Å². The van der Waals surface area contributed by atoms with E-state index in [1.54, 1.807) is 56.0 Å². The van der Waals surface area contributed by atoms with Crippen LogP contribution >= 0.6 is 0 Å². The number of halogens is 1. The first-order chi connectivity index (χ1) is 21.9. The molecular formula is C35H37FN4O6. The monoisotopic (exact) mass is 628 g/mol. The fourth-order valence-electron chi connectivity index (χ4n) is 6.02. The number of nitrogens with zero attached hydrogens (tertiary/aromatic N) is 3. The summed E-state index contributed by atoms with van der Waals surface area (Å²) < 4.78 is 19.8. The number of piperidine rings is 1. The quantitative estimate of drug-likeness (QED) is 0.286. The molecule has 5 amide bonds. The number of hydrogen-bond acceptors (Lipinski definition) is 6. The van der Waals surface area contributed by atoms with Crippen molar-refractivity contribution in [1.29, 1.82) is 0 Å². The van der Waals surface area contributed by atoms with Gasteiger partial charge in [0.15, 0.2) is 0 Å². The van der Waals surface area contributed by atoms with Crippen molar-refractivity contribution in [2.24, 2.45) is 5.92 Å². The molecule has 1 spiro atoms. The smallest absolute Gasteiger partial charge is 0.338 e. The number of carbonyl (C=O) groups excluding carboxylic acids is 5. The van der Waals surface area contributed by atoms with E-state index < -0.39 is 35.3 Å². The molecule has 2 saturated heterocycles. The van der Waals surface area contributed by atoms with Gasteiger partial charge < -0.3 is 15.0 Å². The molecule has 3 aromatic carbocycles. The number of likely N-dealkylation sites (N-methyl/N-ethyl adjacent to an activating group) is 1. The van der Waals surface area contributed by atoms with Crippen LogP contribution in [0.25, 0.3) is 0 Å². The number of benzene rings is 3. The van der Waals surface area contributed by atoms with E-state index in [0.717, 1.165) is 10.5 Å². The summed E-state index contributed by atoms with van der Waals surface area (Å²) >= 11 is 0. The van der Waals surface area contributed by atoms with E-state index in [-0.39, 0.29) is 55.8 Å². The summed E-state index contributed by atoms with van der Waals surface area (Å²) in [4.78, 5) is 70.3. The number of hydrogen-bond donors (Lipinski definition) is 1. The topological polar surface area (TPSA) is 116 Å². The average molecular weight is 629 g/mol. The van der Waals surface area contributed by atoms with Crippen LogP contribution in [-0.2, 0) is 20.9 Å². The first-order valence-corrected chi connectivity index (χ1v) is 15.2. The van der Waals surface area contributed by atoms with Crippen LogP contribution in [-0.4, -0.2) is 71.2 Å². The van der Waals surface area contributed by atoms with Crippen LogP contribution in [0.2, 0.25) is 0 Å². The Morgan fingerprint density at radius 2 is 1.61 bits per heavy atom. The lowest BCUT2D eigenvalue weighted by molar-refractivity contribution is -0.139. The van der Waals surface area contributed by atoms with Crippen molar-refractivity contribution in [2.45, 2.75) is 51.8 Å². The minimum Gasteiger partial charge on any atom is -0.457 e. The van der Waals surface area contributed by atoms with E-state index in [1.165, 1.54) is 24.1 Å². The molecule has 2 aliphatic rings. The van der Waals surface area contributed by atoms with Gasteiger partial charge >= 0.3 is 12.0 Å². The number of esters is 1. The Balaban J connectivity index is 1.29. The second-order valence-corrected chi connectivity index (χ2v) is 12.1. The lowest BCUT2D eigenvalue weighted by Gasteiger charge is -2.43. The van der Waals surface area contributed by atoms with Gasteiger partial charge in [0, 0.05) is 25.8 Å². The van der Waals surface area contributed by atoms with Gasteiger partial charge in [0.25, 0.3) is 11.8 Å². The van der Waals surface area contributed by atoms with Crippen molar-refractivity contribution >= 4 is 35.4 Å². The Bertz CT molecular complexity index is 1650. The molecule has 11 heteroatoms. The Labute approximate surface area is 267 Å². The zero-order valence-corrected chi connectivity index (χ0v) is 26.3. The normalized spacial score (nSPS) is 16.6. The Hall–Kier alpha value is -5.06. The zero-order chi connectivity index (χ0) is 33.2. The lowest BCUT2D eigenvalue weighted by Crippen LogP contribution is -2.60. The van der Waals surface area contributed by atoms with Crippen LogP contribution in [0.3, 0.4) is 0 Å². The fourth-order valence-corrected chi connectivity index (χ4v) is 6.02. The molecule has 5 rings (SSSR count). The number of rotatable bonds is 8. The molecule has 1 N–H and O–H groups in total. The van der Waals surface area contributed by atoms with Gasteiger partial charge in [-0.25, -0.2) is 14.0 Å². The molecule has 0 aromatic heterocycles. The van der Waals surface area contributed by atoms with Crippen LogP contribution in [0.1, 0.15) is 58.5 Å². The number of anilines is 1. The minimum atomic E-state index is -1.22.